The van der Waals surface area contributed by atoms with Crippen LogP contribution in [0.5, 0.6) is 5.75 Å². The molecule has 0 aliphatic carbocycles. The molecule has 8 heteroatoms. The highest BCUT2D eigenvalue weighted by Gasteiger charge is 2.15. The third-order valence-electron chi connectivity index (χ3n) is 4.46. The predicted molar refractivity (Wildman–Crippen MR) is 121 cm³/mol. The lowest BCUT2D eigenvalue weighted by Crippen LogP contribution is -2.23. The average Bonchev–Trinajstić information content (AvgIpc) is 2.72. The van der Waals surface area contributed by atoms with Crippen molar-refractivity contribution >= 4 is 49.0 Å². The molecule has 6 nitrogen and oxygen atoms in total. The highest BCUT2D eigenvalue weighted by atomic mass is 79.9. The Bertz CT molecular complexity index is 1180. The van der Waals surface area contributed by atoms with Crippen molar-refractivity contribution in [3.05, 3.63) is 67.1 Å². The summed E-state index contributed by atoms with van der Waals surface area (Å²) < 4.78 is 8.21. The molecule has 0 radical (unpaired) electrons. The van der Waals surface area contributed by atoms with E-state index in [1.165, 1.54) is 4.68 Å². The monoisotopic (exact) mass is 516 g/mol. The molecule has 3 aromatic rings. The van der Waals surface area contributed by atoms with Crippen molar-refractivity contribution in [2.75, 3.05) is 6.61 Å². The van der Waals surface area contributed by atoms with Crippen molar-refractivity contribution in [3.63, 3.8) is 0 Å². The van der Waals surface area contributed by atoms with E-state index in [4.69, 9.17) is 15.0 Å². The zero-order valence-electron chi connectivity index (χ0n) is 15.9. The van der Waals surface area contributed by atoms with E-state index in [0.29, 0.717) is 26.9 Å². The molecule has 0 unspecified atom stereocenters. The van der Waals surface area contributed by atoms with Crippen molar-refractivity contribution in [2.24, 2.45) is 5.10 Å². The van der Waals surface area contributed by atoms with Gasteiger partial charge < -0.3 is 4.74 Å². The number of hydrogen-bond donors (Lipinski definition) is 0. The minimum atomic E-state index is -0.212. The third kappa shape index (κ3) is 4.74. The van der Waals surface area contributed by atoms with Gasteiger partial charge in [0.25, 0.3) is 5.56 Å². The molecular formula is C21H18Br2N4O2. The maximum Gasteiger partial charge on any atom is 0.282 e. The third-order valence-corrected chi connectivity index (χ3v) is 5.57. The zero-order valence-corrected chi connectivity index (χ0v) is 19.1. The molecule has 0 N–H and O–H groups in total. The molecular weight excluding hydrogens is 500 g/mol. The average molecular weight is 518 g/mol. The van der Waals surface area contributed by atoms with Crippen LogP contribution in [-0.2, 0) is 0 Å². The molecule has 0 aliphatic heterocycles. The van der Waals surface area contributed by atoms with Crippen LogP contribution in [0.15, 0.2) is 55.2 Å². The quantitative estimate of drug-likeness (QED) is 0.420. The van der Waals surface area contributed by atoms with Gasteiger partial charge >= 0.3 is 0 Å². The van der Waals surface area contributed by atoms with Gasteiger partial charge in [0.15, 0.2) is 6.61 Å². The number of hydrogen-bond acceptors (Lipinski definition) is 5. The Kier molecular flexibility index (Phi) is 6.83. The smallest absolute Gasteiger partial charge is 0.282 e. The van der Waals surface area contributed by atoms with E-state index < -0.39 is 0 Å². The van der Waals surface area contributed by atoms with Crippen molar-refractivity contribution < 1.29 is 4.74 Å². The molecule has 0 fully saturated rings. The summed E-state index contributed by atoms with van der Waals surface area (Å²) in [5.41, 5.74) is 1.22. The molecule has 1 atom stereocenters. The topological polar surface area (TPSA) is 80.3 Å². The summed E-state index contributed by atoms with van der Waals surface area (Å²) in [5.74, 6) is 1.26. The largest absolute Gasteiger partial charge is 0.478 e. The van der Waals surface area contributed by atoms with E-state index >= 15 is 0 Å². The molecule has 1 heterocycles. The van der Waals surface area contributed by atoms with Gasteiger partial charge in [-0.2, -0.15) is 15.0 Å². The van der Waals surface area contributed by atoms with Gasteiger partial charge in [-0.15, -0.1) is 0 Å². The second-order valence-corrected chi connectivity index (χ2v) is 8.21. The van der Waals surface area contributed by atoms with E-state index in [0.717, 1.165) is 16.5 Å². The van der Waals surface area contributed by atoms with Crippen LogP contribution >= 0.6 is 31.9 Å². The normalized spacial score (nSPS) is 12.2. The highest BCUT2D eigenvalue weighted by Crippen LogP contribution is 2.25. The molecule has 0 saturated heterocycles. The fourth-order valence-electron chi connectivity index (χ4n) is 2.73. The summed E-state index contributed by atoms with van der Waals surface area (Å²) in [6.07, 6.45) is 2.44. The number of benzene rings is 2. The van der Waals surface area contributed by atoms with Crippen LogP contribution in [0.4, 0.5) is 0 Å². The molecule has 0 spiro atoms. The van der Waals surface area contributed by atoms with Gasteiger partial charge in [-0.25, -0.2) is 4.98 Å². The van der Waals surface area contributed by atoms with Gasteiger partial charge in [0.05, 0.1) is 21.6 Å². The fraction of sp³-hybridized carbons (Fsp3) is 0.238. The number of aromatic nitrogens is 2. The summed E-state index contributed by atoms with van der Waals surface area (Å²) in [6, 6.07) is 12.8. The van der Waals surface area contributed by atoms with Gasteiger partial charge in [-0.1, -0.05) is 29.8 Å². The first kappa shape index (κ1) is 21.2. The first-order valence-corrected chi connectivity index (χ1v) is 10.6. The van der Waals surface area contributed by atoms with Gasteiger partial charge in [-0.3, -0.25) is 4.79 Å². The Morgan fingerprint density at radius 3 is 2.79 bits per heavy atom. The Balaban J connectivity index is 2.06. The van der Waals surface area contributed by atoms with Crippen molar-refractivity contribution in [2.45, 2.75) is 26.2 Å². The Morgan fingerprint density at radius 1 is 1.31 bits per heavy atom. The van der Waals surface area contributed by atoms with Gasteiger partial charge in [0.2, 0.25) is 0 Å². The molecule has 0 amide bonds. The van der Waals surface area contributed by atoms with Crippen molar-refractivity contribution in [1.29, 1.82) is 5.26 Å². The summed E-state index contributed by atoms with van der Waals surface area (Å²) in [7, 11) is 0. The van der Waals surface area contributed by atoms with Crippen LogP contribution in [0, 0.1) is 11.3 Å². The molecule has 0 saturated carbocycles. The second kappa shape index (κ2) is 9.33. The van der Waals surface area contributed by atoms with Crippen LogP contribution in [0.25, 0.3) is 10.9 Å². The van der Waals surface area contributed by atoms with Crippen LogP contribution < -0.4 is 10.3 Å². The van der Waals surface area contributed by atoms with Crippen LogP contribution in [0.2, 0.25) is 0 Å². The minimum absolute atomic E-state index is 0.0297. The second-order valence-electron chi connectivity index (χ2n) is 6.44. The van der Waals surface area contributed by atoms with E-state index in [-0.39, 0.29) is 18.1 Å². The standard InChI is InChI=1S/C21H18Br2N4O2/c1-3-13(2)20-26-18-6-5-15(22)11-16(18)21(28)27(20)25-12-14-4-7-19(17(23)10-14)29-9-8-24/h4-7,10-13H,3,9H2,1-2H3/t13-/m0/s1. The lowest BCUT2D eigenvalue weighted by atomic mass is 10.1. The van der Waals surface area contributed by atoms with Crippen LogP contribution in [0.1, 0.15) is 37.6 Å². The van der Waals surface area contributed by atoms with E-state index in [2.05, 4.69) is 37.0 Å². The molecule has 148 valence electrons. The molecule has 0 aliphatic rings. The highest BCUT2D eigenvalue weighted by molar-refractivity contribution is 9.10. The number of rotatable bonds is 6. The lowest BCUT2D eigenvalue weighted by Gasteiger charge is -2.14. The first-order chi connectivity index (χ1) is 13.9. The molecule has 1 aromatic heterocycles. The first-order valence-electron chi connectivity index (χ1n) is 9.00. The summed E-state index contributed by atoms with van der Waals surface area (Å²) in [6.45, 7) is 4.04. The van der Waals surface area contributed by atoms with Gasteiger partial charge in [-0.05, 0) is 64.3 Å². The van der Waals surface area contributed by atoms with Gasteiger partial charge in [0.1, 0.15) is 17.6 Å². The Hall–Kier alpha value is -2.50. The fourth-order valence-corrected chi connectivity index (χ4v) is 3.60. The molecule has 29 heavy (non-hydrogen) atoms. The molecule has 0 bridgehead atoms. The summed E-state index contributed by atoms with van der Waals surface area (Å²) in [5, 5.41) is 13.6. The van der Waals surface area contributed by atoms with E-state index in [9.17, 15) is 4.79 Å². The van der Waals surface area contributed by atoms with Crippen molar-refractivity contribution in [1.82, 2.24) is 9.66 Å². The number of nitriles is 1. The summed E-state index contributed by atoms with van der Waals surface area (Å²) in [4.78, 5) is 17.8. The van der Waals surface area contributed by atoms with Crippen LogP contribution in [-0.4, -0.2) is 22.5 Å². The minimum Gasteiger partial charge on any atom is -0.478 e. The number of fused-ring (bicyclic) bond motifs is 1. The number of ether oxygens (including phenoxy) is 1. The number of nitrogens with zero attached hydrogens (tertiary/aromatic N) is 4. The summed E-state index contributed by atoms with van der Waals surface area (Å²) >= 11 is 6.83. The lowest BCUT2D eigenvalue weighted by molar-refractivity contribution is 0.366. The van der Waals surface area contributed by atoms with E-state index in [1.54, 1.807) is 24.4 Å². The van der Waals surface area contributed by atoms with Gasteiger partial charge in [0, 0.05) is 10.4 Å². The van der Waals surface area contributed by atoms with Crippen molar-refractivity contribution in [3.8, 4) is 11.8 Å². The zero-order chi connectivity index (χ0) is 21.0. The van der Waals surface area contributed by atoms with E-state index in [1.807, 2.05) is 38.1 Å². The predicted octanol–water partition coefficient (Wildman–Crippen LogP) is 5.22. The molecule has 2 aromatic carbocycles. The SMILES string of the molecule is CC[C@H](C)c1nc2ccc(Br)cc2c(=O)n1N=Cc1ccc(OCC#N)c(Br)c1. The Labute approximate surface area is 185 Å². The van der Waals surface area contributed by atoms with Crippen LogP contribution in [0.3, 0.4) is 0 Å². The maximum absolute atomic E-state index is 13.1. The maximum atomic E-state index is 13.1. The molecule has 3 rings (SSSR count). The number of halogens is 2. The Morgan fingerprint density at radius 2 is 2.10 bits per heavy atom.